The Balaban J connectivity index is 0.000000265. The molecule has 8 N–H and O–H groups in total. The average Bonchev–Trinajstić information content (AvgIpc) is 4.34. The topological polar surface area (TPSA) is 283 Å². The van der Waals surface area contributed by atoms with E-state index >= 15 is 0 Å². The molecule has 4 aliphatic rings. The van der Waals surface area contributed by atoms with E-state index in [1.165, 1.54) is 11.1 Å². The Bertz CT molecular complexity index is 3000. The van der Waals surface area contributed by atoms with Gasteiger partial charge in [-0.25, -0.2) is 0 Å². The quantitative estimate of drug-likeness (QED) is 0.0319. The summed E-state index contributed by atoms with van der Waals surface area (Å²) in [6.45, 7) is 9.36. The molecular weight excluding hydrogens is 1120 g/mol. The molecule has 3 aromatic carbocycles. The van der Waals surface area contributed by atoms with Crippen LogP contribution in [0.25, 0.3) is 0 Å². The number of unbranched alkanes of at least 4 members (excludes halogenated alkanes) is 2. The molecule has 22 heteroatoms. The summed E-state index contributed by atoms with van der Waals surface area (Å²) < 4.78 is 3.76. The van der Waals surface area contributed by atoms with E-state index in [4.69, 9.17) is 10.2 Å². The van der Waals surface area contributed by atoms with E-state index in [-0.39, 0.29) is 73.3 Å². The highest BCUT2D eigenvalue weighted by atomic mass is 16.3. The molecule has 0 aliphatic carbocycles. The zero-order valence-corrected chi connectivity index (χ0v) is 51.9. The lowest BCUT2D eigenvalue weighted by Crippen LogP contribution is -2.58. The van der Waals surface area contributed by atoms with Gasteiger partial charge in [0.05, 0.1) is 49.3 Å². The Morgan fingerprint density at radius 3 is 1.48 bits per heavy atom. The van der Waals surface area contributed by atoms with Gasteiger partial charge < -0.3 is 51.9 Å². The van der Waals surface area contributed by atoms with Gasteiger partial charge in [0, 0.05) is 44.5 Å². The Hall–Kier alpha value is -7.40. The molecular formula is C66H94N14O8. The number of nitrogens with one attached hydrogen (secondary N) is 6. The lowest BCUT2D eigenvalue weighted by Gasteiger charge is -2.36. The number of hydrogen-bond donors (Lipinski definition) is 8. The highest BCUT2D eigenvalue weighted by Crippen LogP contribution is 2.34. The fraction of sp³-hybridized carbons (Fsp3) is 0.576. The van der Waals surface area contributed by atoms with Crippen LogP contribution in [0.15, 0.2) is 97.3 Å². The second-order valence-corrected chi connectivity index (χ2v) is 24.2. The van der Waals surface area contributed by atoms with Gasteiger partial charge in [0.1, 0.15) is 29.9 Å². The number of aliphatic hydroxyl groups is 2. The number of aryl methyl sites for hydroxylation is 5. The van der Waals surface area contributed by atoms with Gasteiger partial charge in [-0.3, -0.25) is 38.1 Å². The van der Waals surface area contributed by atoms with Gasteiger partial charge in [0.25, 0.3) is 0 Å². The minimum Gasteiger partial charge on any atom is -0.395 e. The van der Waals surface area contributed by atoms with Crippen molar-refractivity contribution in [2.75, 3.05) is 26.3 Å². The van der Waals surface area contributed by atoms with Crippen LogP contribution in [0.5, 0.6) is 0 Å². The Morgan fingerprint density at radius 2 is 1.00 bits per heavy atom. The van der Waals surface area contributed by atoms with Gasteiger partial charge in [-0.1, -0.05) is 121 Å². The summed E-state index contributed by atoms with van der Waals surface area (Å²) in [6.07, 6.45) is 19.2. The van der Waals surface area contributed by atoms with E-state index in [2.05, 4.69) is 76.8 Å². The maximum Gasteiger partial charge on any atom is 0.246 e. The number of carbonyl (C=O) groups excluding carboxylic acids is 6. The van der Waals surface area contributed by atoms with Crippen LogP contribution < -0.4 is 31.9 Å². The van der Waals surface area contributed by atoms with Gasteiger partial charge in [-0.05, 0) is 140 Å². The molecule has 6 amide bonds. The van der Waals surface area contributed by atoms with Crippen molar-refractivity contribution in [2.45, 2.75) is 217 Å². The molecule has 22 nitrogen and oxygen atoms in total. The summed E-state index contributed by atoms with van der Waals surface area (Å²) in [7, 11) is 0. The van der Waals surface area contributed by atoms with Crippen LogP contribution in [-0.2, 0) is 54.7 Å². The molecule has 9 rings (SSSR count). The zero-order chi connectivity index (χ0) is 62.4. The molecule has 5 aromatic rings. The van der Waals surface area contributed by atoms with Crippen molar-refractivity contribution >= 4 is 35.4 Å². The van der Waals surface area contributed by atoms with Crippen LogP contribution in [-0.4, -0.2) is 160 Å². The molecule has 4 saturated heterocycles. The van der Waals surface area contributed by atoms with Gasteiger partial charge >= 0.3 is 0 Å². The van der Waals surface area contributed by atoms with Crippen molar-refractivity contribution in [3.63, 3.8) is 0 Å². The van der Waals surface area contributed by atoms with Crippen molar-refractivity contribution < 1.29 is 39.0 Å². The minimum absolute atomic E-state index is 0.0370. The molecule has 0 saturated carbocycles. The van der Waals surface area contributed by atoms with E-state index in [9.17, 15) is 28.8 Å². The summed E-state index contributed by atoms with van der Waals surface area (Å²) in [6, 6.07) is 24.2. The molecule has 0 radical (unpaired) electrons. The largest absolute Gasteiger partial charge is 0.395 e. The van der Waals surface area contributed by atoms with Crippen LogP contribution in [0.2, 0.25) is 0 Å². The first-order valence-corrected chi connectivity index (χ1v) is 32.2. The summed E-state index contributed by atoms with van der Waals surface area (Å²) in [5, 5.41) is 53.2. The maximum atomic E-state index is 14.2. The van der Waals surface area contributed by atoms with E-state index in [0.29, 0.717) is 44.5 Å². The molecule has 4 fully saturated rings. The molecule has 476 valence electrons. The molecule has 10 atom stereocenters. The fourth-order valence-corrected chi connectivity index (χ4v) is 12.7. The number of benzene rings is 3. The van der Waals surface area contributed by atoms with Crippen LogP contribution in [0, 0.1) is 6.92 Å². The van der Waals surface area contributed by atoms with Crippen molar-refractivity contribution in [2.24, 2.45) is 0 Å². The molecule has 4 aliphatic heterocycles. The molecule has 88 heavy (non-hydrogen) atoms. The minimum atomic E-state index is -0.710. The Morgan fingerprint density at radius 1 is 0.545 bits per heavy atom. The first-order valence-electron chi connectivity index (χ1n) is 32.2. The van der Waals surface area contributed by atoms with Crippen LogP contribution in [0.1, 0.15) is 169 Å². The SMILES string of the molecule is C[C@H](NCCO)C(=O)N[C@H]1CCCC[C@H]2CC[C@@H](C(=O)N[C@H](C)c3ccccc3)N2C1=O.Cc1cn(CCCCc2ccc(CCCCn3cc([C@@H](NC(=O)[C@@H]4CC[C@@H]5CCCC[C@H](NC(=O)[C@H](C)NCCO)C(=O)N54)c4ccccc4)nn3)cc2)nn1. The number of aliphatic hydroxyl groups excluding tert-OH is 2. The summed E-state index contributed by atoms with van der Waals surface area (Å²) in [4.78, 5) is 83.8. The molecule has 6 heterocycles. The van der Waals surface area contributed by atoms with E-state index < -0.39 is 42.3 Å². The monoisotopic (exact) mass is 1210 g/mol. The highest BCUT2D eigenvalue weighted by Gasteiger charge is 2.46. The van der Waals surface area contributed by atoms with Gasteiger partial charge in [0.15, 0.2) is 0 Å². The van der Waals surface area contributed by atoms with E-state index in [1.807, 2.05) is 96.3 Å². The van der Waals surface area contributed by atoms with Crippen molar-refractivity contribution in [3.05, 3.63) is 131 Å². The number of carbonyl (C=O) groups is 6. The second-order valence-electron chi connectivity index (χ2n) is 24.2. The number of aromatic nitrogens is 6. The lowest BCUT2D eigenvalue weighted by molar-refractivity contribution is -0.144. The van der Waals surface area contributed by atoms with Gasteiger partial charge in [-0.15, -0.1) is 10.2 Å². The standard InChI is InChI=1S/C42H58N10O4.C24H36N4O4/c1-30-28-50(48-46-30)25-10-8-12-32-18-20-33(21-19-32)13-9-11-26-51-29-37(47-49-51)39(34-14-4-3-5-15-34)45-41(55)38-23-22-35-16-6-7-17-36(42(56)52(35)38)44-40(54)31(2)43-24-27-53;1-16(18-8-4-3-5-9-18)26-23(31)21-13-12-19-10-6-7-11-20(24(32)28(19)21)27-22(30)17(2)25-14-15-29/h3-5,14-15,18-21,28-29,31,35-36,38-39,43,53H,6-13,16-17,22-27H2,1-2H3,(H,44,54)(H,45,55);3-5,8-9,16-17,19-21,25,29H,6-7,10-15H2,1-2H3,(H,26,31)(H,27,30)/t31-,35-,36-,38-,39-;16-,17+,19+,20+,21+/m01/s1. The number of fused-ring (bicyclic) bond motifs is 2. The van der Waals surface area contributed by atoms with Crippen LogP contribution in [0.4, 0.5) is 0 Å². The summed E-state index contributed by atoms with van der Waals surface area (Å²) in [5.41, 5.74) is 6.16. The first kappa shape index (κ1) is 66.6. The predicted octanol–water partition coefficient (Wildman–Crippen LogP) is 5.07. The van der Waals surface area contributed by atoms with Crippen LogP contribution in [0.3, 0.4) is 0 Å². The molecule has 0 spiro atoms. The second kappa shape index (κ2) is 33.8. The van der Waals surface area contributed by atoms with Crippen molar-refractivity contribution in [1.82, 2.24) is 71.7 Å². The number of amides is 6. The predicted molar refractivity (Wildman–Crippen MR) is 334 cm³/mol. The van der Waals surface area contributed by atoms with Gasteiger partial charge in [-0.2, -0.15) is 0 Å². The average molecular weight is 1210 g/mol. The highest BCUT2D eigenvalue weighted by molar-refractivity contribution is 5.95. The van der Waals surface area contributed by atoms with E-state index in [0.717, 1.165) is 113 Å². The molecule has 0 unspecified atom stereocenters. The third-order valence-electron chi connectivity index (χ3n) is 17.6. The normalized spacial score (nSPS) is 21.6. The first-order chi connectivity index (χ1) is 42.7. The Labute approximate surface area is 518 Å². The number of hydrogen-bond acceptors (Lipinski definition) is 14. The van der Waals surface area contributed by atoms with Crippen LogP contribution >= 0.6 is 0 Å². The number of rotatable bonds is 27. The third-order valence-corrected chi connectivity index (χ3v) is 17.6. The third kappa shape index (κ3) is 18.8. The fourth-order valence-electron chi connectivity index (χ4n) is 12.7. The smallest absolute Gasteiger partial charge is 0.246 e. The maximum absolute atomic E-state index is 14.2. The zero-order valence-electron chi connectivity index (χ0n) is 51.9. The number of nitrogens with zero attached hydrogens (tertiary/aromatic N) is 8. The van der Waals surface area contributed by atoms with E-state index in [1.54, 1.807) is 23.6 Å². The summed E-state index contributed by atoms with van der Waals surface area (Å²) >= 11 is 0. The molecule has 0 bridgehead atoms. The lowest BCUT2D eigenvalue weighted by atomic mass is 9.98. The Kier molecular flexibility index (Phi) is 25.6. The molecule has 2 aromatic heterocycles. The summed E-state index contributed by atoms with van der Waals surface area (Å²) in [5.74, 6) is -1.32. The van der Waals surface area contributed by atoms with Gasteiger partial charge in [0.2, 0.25) is 35.4 Å². The van der Waals surface area contributed by atoms with Crippen molar-refractivity contribution in [1.29, 1.82) is 0 Å². The van der Waals surface area contributed by atoms with Crippen molar-refractivity contribution in [3.8, 4) is 0 Å².